The molecule has 1 saturated carbocycles. The summed E-state index contributed by atoms with van der Waals surface area (Å²) in [6.07, 6.45) is 2.48. The Labute approximate surface area is 172 Å². The van der Waals surface area contributed by atoms with Crippen LogP contribution in [0.25, 0.3) is 0 Å². The van der Waals surface area contributed by atoms with Gasteiger partial charge in [0, 0.05) is 30.7 Å². The number of ether oxygens (including phenoxy) is 1. The Hall–Kier alpha value is -0.570. The molecule has 0 aromatic heterocycles. The number of benzene rings is 1. The summed E-state index contributed by atoms with van der Waals surface area (Å²) in [5.41, 5.74) is 1.22. The van der Waals surface area contributed by atoms with Crippen LogP contribution in [0.5, 0.6) is 0 Å². The van der Waals surface area contributed by atoms with Crippen LogP contribution in [0.4, 0.5) is 0 Å². The highest BCUT2D eigenvalue weighted by Gasteiger charge is 2.24. The number of guanidine groups is 1. The van der Waals surface area contributed by atoms with Gasteiger partial charge in [0.25, 0.3) is 0 Å². The second-order valence-corrected chi connectivity index (χ2v) is 6.79. The van der Waals surface area contributed by atoms with Crippen molar-refractivity contribution in [1.29, 1.82) is 0 Å². The average Bonchev–Trinajstić information content (AvgIpc) is 3.40. The molecule has 1 aliphatic carbocycles. The topological polar surface area (TPSA) is 48.9 Å². The molecule has 2 N–H and O–H groups in total. The first kappa shape index (κ1) is 20.7. The van der Waals surface area contributed by atoms with Crippen LogP contribution in [-0.2, 0) is 4.74 Å². The van der Waals surface area contributed by atoms with Crippen molar-refractivity contribution in [2.24, 2.45) is 4.99 Å². The zero-order valence-electron chi connectivity index (χ0n) is 14.7. The van der Waals surface area contributed by atoms with Gasteiger partial charge in [0.15, 0.2) is 5.96 Å². The summed E-state index contributed by atoms with van der Waals surface area (Å²) in [7, 11) is 0. The Bertz CT molecular complexity index is 562. The lowest BCUT2D eigenvalue weighted by atomic mass is 10.0. The van der Waals surface area contributed by atoms with E-state index >= 15 is 0 Å². The van der Waals surface area contributed by atoms with Crippen LogP contribution in [0.1, 0.15) is 31.4 Å². The van der Waals surface area contributed by atoms with Gasteiger partial charge in [0.05, 0.1) is 25.8 Å². The molecule has 1 heterocycles. The normalized spacial score (nSPS) is 19.8. The Morgan fingerprint density at radius 2 is 2.12 bits per heavy atom. The first-order chi connectivity index (χ1) is 11.8. The van der Waals surface area contributed by atoms with Crippen LogP contribution in [0.2, 0.25) is 5.02 Å². The van der Waals surface area contributed by atoms with Gasteiger partial charge in [0.1, 0.15) is 0 Å². The molecule has 1 saturated heterocycles. The lowest BCUT2D eigenvalue weighted by molar-refractivity contribution is 0.0180. The molecule has 5 nitrogen and oxygen atoms in total. The fraction of sp³-hybridized carbons (Fsp3) is 0.611. The molecule has 1 aromatic rings. The lowest BCUT2D eigenvalue weighted by Gasteiger charge is -2.34. The summed E-state index contributed by atoms with van der Waals surface area (Å²) in [4.78, 5) is 7.29. The third-order valence-electron chi connectivity index (χ3n) is 4.40. The van der Waals surface area contributed by atoms with Crippen LogP contribution < -0.4 is 10.6 Å². The number of halogens is 2. The highest BCUT2D eigenvalue weighted by molar-refractivity contribution is 14.0. The van der Waals surface area contributed by atoms with Gasteiger partial charge < -0.3 is 15.4 Å². The van der Waals surface area contributed by atoms with Crippen molar-refractivity contribution in [3.63, 3.8) is 0 Å². The van der Waals surface area contributed by atoms with E-state index in [2.05, 4.69) is 34.6 Å². The highest BCUT2D eigenvalue weighted by atomic mass is 127. The fourth-order valence-electron chi connectivity index (χ4n) is 2.95. The van der Waals surface area contributed by atoms with Crippen LogP contribution in [0.3, 0.4) is 0 Å². The molecule has 2 aliphatic rings. The summed E-state index contributed by atoms with van der Waals surface area (Å²) >= 11 is 6.21. The van der Waals surface area contributed by atoms with E-state index in [0.717, 1.165) is 43.8 Å². The van der Waals surface area contributed by atoms with E-state index in [1.165, 1.54) is 18.4 Å². The zero-order chi connectivity index (χ0) is 16.8. The summed E-state index contributed by atoms with van der Waals surface area (Å²) in [5, 5.41) is 7.60. The third-order valence-corrected chi connectivity index (χ3v) is 4.64. The number of nitrogens with one attached hydrogen (secondary N) is 2. The van der Waals surface area contributed by atoms with Crippen LogP contribution in [-0.4, -0.2) is 56.3 Å². The minimum absolute atomic E-state index is 0. The summed E-state index contributed by atoms with van der Waals surface area (Å²) in [6, 6.07) is 8.95. The molecule has 1 aliphatic heterocycles. The largest absolute Gasteiger partial charge is 0.379 e. The van der Waals surface area contributed by atoms with E-state index in [4.69, 9.17) is 21.3 Å². The number of hydrogen-bond acceptors (Lipinski definition) is 3. The number of hydrogen-bond donors (Lipinski definition) is 2. The molecule has 1 aromatic carbocycles. The first-order valence-corrected chi connectivity index (χ1v) is 9.26. The number of morpholine rings is 1. The average molecular weight is 479 g/mol. The number of rotatable bonds is 6. The van der Waals surface area contributed by atoms with Crippen molar-refractivity contribution >= 4 is 41.5 Å². The van der Waals surface area contributed by atoms with Gasteiger partial charge in [-0.25, -0.2) is 0 Å². The second kappa shape index (κ2) is 10.5. The summed E-state index contributed by atoms with van der Waals surface area (Å²) in [6.45, 7) is 7.10. The van der Waals surface area contributed by atoms with Gasteiger partial charge in [-0.3, -0.25) is 9.89 Å². The molecule has 25 heavy (non-hydrogen) atoms. The molecular formula is C18H28ClIN4O. The van der Waals surface area contributed by atoms with E-state index in [-0.39, 0.29) is 30.0 Å². The van der Waals surface area contributed by atoms with Gasteiger partial charge in [-0.05, 0) is 37.5 Å². The van der Waals surface area contributed by atoms with E-state index in [0.29, 0.717) is 12.6 Å². The van der Waals surface area contributed by atoms with Gasteiger partial charge in [-0.1, -0.05) is 23.7 Å². The zero-order valence-corrected chi connectivity index (χ0v) is 17.8. The molecule has 1 unspecified atom stereocenters. The van der Waals surface area contributed by atoms with Crippen LogP contribution in [0, 0.1) is 0 Å². The number of aliphatic imine (C=N–C) groups is 1. The van der Waals surface area contributed by atoms with Gasteiger partial charge in [0.2, 0.25) is 0 Å². The predicted molar refractivity (Wildman–Crippen MR) is 114 cm³/mol. The maximum atomic E-state index is 6.21. The third kappa shape index (κ3) is 6.58. The van der Waals surface area contributed by atoms with Crippen molar-refractivity contribution in [1.82, 2.24) is 15.5 Å². The fourth-order valence-corrected chi connectivity index (χ4v) is 3.15. The standard InChI is InChI=1S/C18H27ClN4O.HI/c1-2-20-18(22-16-6-7-16)21-13-17(23-8-10-24-11-9-23)14-4-3-5-15(19)12-14;/h3-5,12,16-17H,2,6-11,13H2,1H3,(H2,20,21,22);1H. The quantitative estimate of drug-likeness (QED) is 0.375. The lowest BCUT2D eigenvalue weighted by Crippen LogP contribution is -2.42. The van der Waals surface area contributed by atoms with Crippen molar-refractivity contribution in [3.05, 3.63) is 34.9 Å². The van der Waals surface area contributed by atoms with E-state index in [1.807, 2.05) is 12.1 Å². The van der Waals surface area contributed by atoms with Crippen LogP contribution in [0.15, 0.2) is 29.3 Å². The Morgan fingerprint density at radius 1 is 1.36 bits per heavy atom. The molecule has 2 fully saturated rings. The molecular weight excluding hydrogens is 451 g/mol. The SMILES string of the molecule is CCNC(=NCC(c1cccc(Cl)c1)N1CCOCC1)NC1CC1.I. The van der Waals surface area contributed by atoms with E-state index < -0.39 is 0 Å². The molecule has 3 rings (SSSR count). The van der Waals surface area contributed by atoms with Gasteiger partial charge in [-0.15, -0.1) is 24.0 Å². The smallest absolute Gasteiger partial charge is 0.191 e. The molecule has 0 amide bonds. The highest BCUT2D eigenvalue weighted by Crippen LogP contribution is 2.25. The van der Waals surface area contributed by atoms with E-state index in [9.17, 15) is 0 Å². The van der Waals surface area contributed by atoms with Crippen molar-refractivity contribution in [2.75, 3.05) is 39.4 Å². The molecule has 7 heteroatoms. The summed E-state index contributed by atoms with van der Waals surface area (Å²) < 4.78 is 5.51. The van der Waals surface area contributed by atoms with Crippen molar-refractivity contribution in [2.45, 2.75) is 31.8 Å². The maximum absolute atomic E-state index is 6.21. The Kier molecular flexibility index (Phi) is 8.75. The molecule has 1 atom stereocenters. The first-order valence-electron chi connectivity index (χ1n) is 8.88. The minimum atomic E-state index is 0. The molecule has 0 radical (unpaired) electrons. The molecule has 0 bridgehead atoms. The number of nitrogens with zero attached hydrogens (tertiary/aromatic N) is 2. The molecule has 0 spiro atoms. The monoisotopic (exact) mass is 478 g/mol. The Morgan fingerprint density at radius 3 is 2.76 bits per heavy atom. The van der Waals surface area contributed by atoms with E-state index in [1.54, 1.807) is 0 Å². The van der Waals surface area contributed by atoms with Crippen molar-refractivity contribution in [3.8, 4) is 0 Å². The van der Waals surface area contributed by atoms with Gasteiger partial charge >= 0.3 is 0 Å². The predicted octanol–water partition coefficient (Wildman–Crippen LogP) is 3.05. The Balaban J connectivity index is 0.00000225. The minimum Gasteiger partial charge on any atom is -0.379 e. The van der Waals surface area contributed by atoms with Gasteiger partial charge in [-0.2, -0.15) is 0 Å². The van der Waals surface area contributed by atoms with Crippen molar-refractivity contribution < 1.29 is 4.74 Å². The second-order valence-electron chi connectivity index (χ2n) is 6.36. The molecule has 140 valence electrons. The summed E-state index contributed by atoms with van der Waals surface area (Å²) in [5.74, 6) is 0.917. The maximum Gasteiger partial charge on any atom is 0.191 e. The van der Waals surface area contributed by atoms with Crippen LogP contribution >= 0.6 is 35.6 Å².